The summed E-state index contributed by atoms with van der Waals surface area (Å²) in [6, 6.07) is 2.53. The van der Waals surface area contributed by atoms with E-state index in [9.17, 15) is 0 Å². The van der Waals surface area contributed by atoms with Crippen molar-refractivity contribution in [3.8, 4) is 0 Å². The quantitative estimate of drug-likeness (QED) is 0.140. The first-order valence-electron chi connectivity index (χ1n) is 12.1. The van der Waals surface area contributed by atoms with Crippen molar-refractivity contribution in [1.82, 2.24) is 0 Å². The molecule has 0 nitrogen and oxygen atoms in total. The molecule has 158 valence electrons. The van der Waals surface area contributed by atoms with Gasteiger partial charge in [-0.05, 0) is 0 Å². The van der Waals surface area contributed by atoms with Gasteiger partial charge in [-0.1, -0.05) is 58.3 Å². The number of unbranched alkanes of at least 4 members (excludes halogenated alkanes) is 15. The first-order chi connectivity index (χ1) is 13.0. The molecule has 1 aromatic rings. The molecular weight excluding hydrogens is 451 g/mol. The second-order valence-electron chi connectivity index (χ2n) is 9.62. The summed E-state index contributed by atoms with van der Waals surface area (Å²) in [5.74, 6) is 0. The molecule has 27 heavy (non-hydrogen) atoms. The van der Waals surface area contributed by atoms with E-state index in [0.29, 0.717) is 0 Å². The minimum absolute atomic E-state index is 1.32. The first-order valence-corrected chi connectivity index (χ1v) is 23.0. The van der Waals surface area contributed by atoms with Crippen molar-refractivity contribution in [2.24, 2.45) is 0 Å². The van der Waals surface area contributed by atoms with Gasteiger partial charge >= 0.3 is 122 Å². The van der Waals surface area contributed by atoms with E-state index >= 15 is 0 Å². The standard InChI is InChI=1S/C22H39S.3CH3.Sn/c1-2-3-4-5-6-7-8-9-10-11-12-13-14-15-16-17-18-22-19-20-23-21-22;;;;/h19,21H,2-18H2,1H3;3*1H3;. The van der Waals surface area contributed by atoms with E-state index in [1.54, 1.807) is 8.46 Å². The molecule has 2 heteroatoms. The Morgan fingerprint density at radius 2 is 1.04 bits per heavy atom. The van der Waals surface area contributed by atoms with Crippen LogP contribution in [0.25, 0.3) is 0 Å². The van der Waals surface area contributed by atoms with Crippen molar-refractivity contribution in [2.45, 2.75) is 131 Å². The summed E-state index contributed by atoms with van der Waals surface area (Å²) in [5, 5.41) is 2.43. The molecule has 1 aromatic heterocycles. The van der Waals surface area contributed by atoms with Gasteiger partial charge < -0.3 is 0 Å². The maximum atomic E-state index is 2.53. The third kappa shape index (κ3) is 14.2. The zero-order valence-electron chi connectivity index (χ0n) is 19.1. The molecule has 0 aliphatic carbocycles. The predicted octanol–water partition coefficient (Wildman–Crippen LogP) is 9.10. The number of aryl methyl sites for hydroxylation is 1. The predicted molar refractivity (Wildman–Crippen MR) is 131 cm³/mol. The second-order valence-corrected chi connectivity index (χ2v) is 25.9. The third-order valence-corrected chi connectivity index (χ3v) is 16.3. The summed E-state index contributed by atoms with van der Waals surface area (Å²) < 4.78 is 1.75. The summed E-state index contributed by atoms with van der Waals surface area (Å²) in [4.78, 5) is 7.58. The Bertz CT molecular complexity index is 443. The average molecular weight is 499 g/mol. The van der Waals surface area contributed by atoms with Gasteiger partial charge in [0.2, 0.25) is 0 Å². The summed E-state index contributed by atoms with van der Waals surface area (Å²) >= 11 is 0.235. The molecule has 0 aromatic carbocycles. The molecule has 0 bridgehead atoms. The van der Waals surface area contributed by atoms with Crippen LogP contribution in [0.3, 0.4) is 0 Å². The fourth-order valence-electron chi connectivity index (χ4n) is 3.78. The van der Waals surface area contributed by atoms with E-state index in [2.05, 4.69) is 33.2 Å². The summed E-state index contributed by atoms with van der Waals surface area (Å²) in [6.07, 6.45) is 24.6. The van der Waals surface area contributed by atoms with Crippen molar-refractivity contribution in [1.29, 1.82) is 0 Å². The Morgan fingerprint density at radius 1 is 0.630 bits per heavy atom. The van der Waals surface area contributed by atoms with Crippen LogP contribution in [0, 0.1) is 0 Å². The zero-order chi connectivity index (χ0) is 19.8. The molecule has 0 saturated carbocycles. The molecule has 0 atom stereocenters. The normalized spacial score (nSPS) is 12.0. The SMILES string of the molecule is CCCCCCCCCCCCCCCCCCc1cs[c]([Sn]([CH3])([CH3])[CH3])c1. The minimum atomic E-state index is -1.80. The number of thiophene rings is 1. The Labute approximate surface area is 179 Å². The van der Waals surface area contributed by atoms with Crippen LogP contribution >= 0.6 is 11.3 Å². The fraction of sp³-hybridized carbons (Fsp3) is 0.840. The van der Waals surface area contributed by atoms with Crippen molar-refractivity contribution in [3.63, 3.8) is 0 Å². The number of rotatable bonds is 18. The van der Waals surface area contributed by atoms with Crippen molar-refractivity contribution in [3.05, 3.63) is 17.0 Å². The molecule has 1 rings (SSSR count). The molecular formula is C25H48SSn. The van der Waals surface area contributed by atoms with Gasteiger partial charge in [-0.3, -0.25) is 0 Å². The maximum absolute atomic E-state index is 2.53. The molecule has 0 spiro atoms. The molecule has 0 aliphatic rings. The van der Waals surface area contributed by atoms with E-state index in [1.165, 1.54) is 109 Å². The van der Waals surface area contributed by atoms with Crippen LogP contribution in [-0.4, -0.2) is 18.4 Å². The van der Waals surface area contributed by atoms with Gasteiger partial charge in [0, 0.05) is 0 Å². The van der Waals surface area contributed by atoms with Gasteiger partial charge in [0.15, 0.2) is 0 Å². The van der Waals surface area contributed by atoms with Gasteiger partial charge in [-0.15, -0.1) is 0 Å². The zero-order valence-corrected chi connectivity index (χ0v) is 22.8. The van der Waals surface area contributed by atoms with Gasteiger partial charge in [-0.2, -0.15) is 0 Å². The van der Waals surface area contributed by atoms with Crippen LogP contribution in [0.15, 0.2) is 11.4 Å². The first kappa shape index (κ1) is 25.5. The van der Waals surface area contributed by atoms with Crippen molar-refractivity contribution < 1.29 is 0 Å². The van der Waals surface area contributed by atoms with E-state index in [4.69, 9.17) is 0 Å². The molecule has 1 heterocycles. The molecule has 0 amide bonds. The van der Waals surface area contributed by atoms with Crippen LogP contribution in [0.2, 0.25) is 14.8 Å². The van der Waals surface area contributed by atoms with Crippen LogP contribution in [0.5, 0.6) is 0 Å². The Morgan fingerprint density at radius 3 is 1.41 bits per heavy atom. The fourth-order valence-corrected chi connectivity index (χ4v) is 10.1. The van der Waals surface area contributed by atoms with E-state index in [-0.39, 0.29) is 0 Å². The average Bonchev–Trinajstić information content (AvgIpc) is 3.11. The van der Waals surface area contributed by atoms with E-state index in [1.807, 2.05) is 11.3 Å². The van der Waals surface area contributed by atoms with E-state index < -0.39 is 18.4 Å². The van der Waals surface area contributed by atoms with Gasteiger partial charge in [0.1, 0.15) is 0 Å². The molecule has 0 aliphatic heterocycles. The molecule has 0 fully saturated rings. The summed E-state index contributed by atoms with van der Waals surface area (Å²) in [6.45, 7) is 2.30. The summed E-state index contributed by atoms with van der Waals surface area (Å²) in [7, 11) is 0. The Balaban J connectivity index is 1.81. The van der Waals surface area contributed by atoms with E-state index in [0.717, 1.165) is 0 Å². The molecule has 0 saturated heterocycles. The number of hydrogen-bond donors (Lipinski definition) is 0. The number of hydrogen-bond acceptors (Lipinski definition) is 1. The third-order valence-electron chi connectivity index (χ3n) is 5.71. The topological polar surface area (TPSA) is 0 Å². The monoisotopic (exact) mass is 500 g/mol. The van der Waals surface area contributed by atoms with Gasteiger partial charge in [0.25, 0.3) is 0 Å². The Hall–Kier alpha value is 0.499. The van der Waals surface area contributed by atoms with Gasteiger partial charge in [-0.25, -0.2) is 0 Å². The van der Waals surface area contributed by atoms with Gasteiger partial charge in [0.05, 0.1) is 0 Å². The Kier molecular flexibility index (Phi) is 15.4. The molecule has 0 N–H and O–H groups in total. The second kappa shape index (κ2) is 16.3. The van der Waals surface area contributed by atoms with Crippen LogP contribution in [-0.2, 0) is 6.42 Å². The van der Waals surface area contributed by atoms with Crippen LogP contribution in [0.1, 0.15) is 115 Å². The van der Waals surface area contributed by atoms with Crippen LogP contribution in [0.4, 0.5) is 0 Å². The summed E-state index contributed by atoms with van der Waals surface area (Å²) in [5.41, 5.74) is 1.62. The molecule has 0 radical (unpaired) electrons. The molecule has 0 unspecified atom stereocenters. The van der Waals surface area contributed by atoms with Crippen molar-refractivity contribution >= 4 is 32.6 Å². The van der Waals surface area contributed by atoms with Crippen molar-refractivity contribution in [2.75, 3.05) is 0 Å². The van der Waals surface area contributed by atoms with Crippen LogP contribution < -0.4 is 2.89 Å².